The summed E-state index contributed by atoms with van der Waals surface area (Å²) in [5, 5.41) is 17.2. The highest BCUT2D eigenvalue weighted by atomic mass is 16.8. The minimum atomic E-state index is -0.261. The number of nitrogens with two attached hydrogens (primary N) is 2. The Bertz CT molecular complexity index is 433. The predicted molar refractivity (Wildman–Crippen MR) is 37.6 cm³/mol. The SMILES string of the molecule is Nc1noc(-c2no[n+]([O-])c2N)n1. The van der Waals surface area contributed by atoms with E-state index in [1.807, 2.05) is 0 Å². The number of hydrogen-bond acceptors (Lipinski definition) is 8. The lowest BCUT2D eigenvalue weighted by molar-refractivity contribution is -0.790. The van der Waals surface area contributed by atoms with E-state index in [1.165, 1.54) is 0 Å². The van der Waals surface area contributed by atoms with Gasteiger partial charge in [0.25, 0.3) is 11.6 Å². The third-order valence-electron chi connectivity index (χ3n) is 1.29. The molecule has 0 spiro atoms. The zero-order valence-electron chi connectivity index (χ0n) is 6.17. The molecule has 9 heteroatoms. The van der Waals surface area contributed by atoms with Crippen LogP contribution in [-0.4, -0.2) is 15.3 Å². The minimum absolute atomic E-state index is 0.0235. The maximum Gasteiger partial charge on any atom is 0.305 e. The molecule has 9 nitrogen and oxygen atoms in total. The quantitative estimate of drug-likeness (QED) is 0.510. The van der Waals surface area contributed by atoms with E-state index in [1.54, 1.807) is 0 Å². The fourth-order valence-corrected chi connectivity index (χ4v) is 0.735. The molecule has 0 aromatic carbocycles. The molecule has 2 aromatic rings. The Kier molecular flexibility index (Phi) is 1.32. The van der Waals surface area contributed by atoms with Crippen molar-refractivity contribution in [3.05, 3.63) is 5.21 Å². The van der Waals surface area contributed by atoms with Gasteiger partial charge in [-0.25, -0.2) is 0 Å². The topological polar surface area (TPSA) is 144 Å². The van der Waals surface area contributed by atoms with E-state index in [-0.39, 0.29) is 28.3 Å². The molecule has 4 N–H and O–H groups in total. The molecule has 2 heterocycles. The summed E-state index contributed by atoms with van der Waals surface area (Å²) >= 11 is 0. The molecular formula is C4H4N6O3. The van der Waals surface area contributed by atoms with E-state index in [4.69, 9.17) is 11.5 Å². The van der Waals surface area contributed by atoms with Crippen molar-refractivity contribution in [1.82, 2.24) is 15.3 Å². The average Bonchev–Trinajstić information content (AvgIpc) is 2.62. The minimum Gasteiger partial charge on any atom is -0.391 e. The fourth-order valence-electron chi connectivity index (χ4n) is 0.735. The van der Waals surface area contributed by atoms with Gasteiger partial charge >= 0.3 is 11.7 Å². The number of rotatable bonds is 1. The van der Waals surface area contributed by atoms with Crippen LogP contribution in [-0.2, 0) is 0 Å². The van der Waals surface area contributed by atoms with E-state index in [0.29, 0.717) is 0 Å². The Hall–Kier alpha value is -2.32. The lowest BCUT2D eigenvalue weighted by Crippen LogP contribution is -2.26. The second-order valence-corrected chi connectivity index (χ2v) is 2.12. The standard InChI is InChI=1S/C4H4N6O3/c5-2-1(8-13-10(2)11)3-7-4(6)9-12-3/h5H2,(H2,6,9). The van der Waals surface area contributed by atoms with Gasteiger partial charge in [0.2, 0.25) is 0 Å². The van der Waals surface area contributed by atoms with Crippen LogP contribution < -0.4 is 16.4 Å². The van der Waals surface area contributed by atoms with Gasteiger partial charge in [-0.3, -0.25) is 0 Å². The number of hydrogen-bond donors (Lipinski definition) is 2. The first-order valence-electron chi connectivity index (χ1n) is 3.13. The van der Waals surface area contributed by atoms with Gasteiger partial charge in [0.1, 0.15) is 0 Å². The maximum atomic E-state index is 10.7. The summed E-state index contributed by atoms with van der Waals surface area (Å²) in [5.74, 6) is -0.396. The molecule has 0 aliphatic rings. The molecule has 0 atom stereocenters. The number of nitrogen functional groups attached to an aromatic ring is 2. The lowest BCUT2D eigenvalue weighted by Gasteiger charge is -1.85. The average molecular weight is 184 g/mol. The van der Waals surface area contributed by atoms with Crippen LogP contribution in [0.3, 0.4) is 0 Å². The zero-order chi connectivity index (χ0) is 9.42. The molecule has 0 aliphatic heterocycles. The van der Waals surface area contributed by atoms with Crippen LogP contribution in [0.5, 0.6) is 0 Å². The molecule has 0 radical (unpaired) electrons. The molecule has 0 fully saturated rings. The van der Waals surface area contributed by atoms with Crippen LogP contribution in [0.4, 0.5) is 11.8 Å². The number of aromatic nitrogens is 4. The van der Waals surface area contributed by atoms with E-state index in [9.17, 15) is 5.21 Å². The molecule has 2 rings (SSSR count). The summed E-state index contributed by atoms with van der Waals surface area (Å²) < 4.78 is 8.78. The van der Waals surface area contributed by atoms with Gasteiger partial charge in [-0.2, -0.15) is 4.98 Å². The van der Waals surface area contributed by atoms with Crippen LogP contribution in [0.15, 0.2) is 9.15 Å². The van der Waals surface area contributed by atoms with E-state index in [2.05, 4.69) is 24.4 Å². The summed E-state index contributed by atoms with van der Waals surface area (Å²) in [7, 11) is 0. The van der Waals surface area contributed by atoms with E-state index in [0.717, 1.165) is 0 Å². The Morgan fingerprint density at radius 2 is 2.08 bits per heavy atom. The second kappa shape index (κ2) is 2.33. The van der Waals surface area contributed by atoms with Crippen molar-refractivity contribution in [2.75, 3.05) is 11.5 Å². The summed E-state index contributed by atoms with van der Waals surface area (Å²) in [6.07, 6.45) is 0. The van der Waals surface area contributed by atoms with Gasteiger partial charge in [-0.05, 0) is 10.3 Å². The molecule has 68 valence electrons. The van der Waals surface area contributed by atoms with Crippen molar-refractivity contribution in [1.29, 1.82) is 0 Å². The molecule has 13 heavy (non-hydrogen) atoms. The van der Waals surface area contributed by atoms with Crippen molar-refractivity contribution < 1.29 is 14.1 Å². The van der Waals surface area contributed by atoms with Crippen molar-refractivity contribution in [2.45, 2.75) is 0 Å². The summed E-state index contributed by atoms with van der Waals surface area (Å²) in [4.78, 5) is 3.62. The largest absolute Gasteiger partial charge is 0.391 e. The molecule has 0 saturated heterocycles. The Morgan fingerprint density at radius 3 is 2.54 bits per heavy atom. The van der Waals surface area contributed by atoms with Crippen LogP contribution in [0.1, 0.15) is 0 Å². The van der Waals surface area contributed by atoms with Crippen LogP contribution in [0, 0.1) is 5.21 Å². The van der Waals surface area contributed by atoms with Gasteiger partial charge in [-0.15, -0.1) is 0 Å². The van der Waals surface area contributed by atoms with Crippen molar-refractivity contribution >= 4 is 11.8 Å². The third kappa shape index (κ3) is 1.02. The van der Waals surface area contributed by atoms with Gasteiger partial charge in [0.05, 0.1) is 0 Å². The van der Waals surface area contributed by atoms with Crippen LogP contribution >= 0.6 is 0 Å². The number of nitrogens with zero attached hydrogens (tertiary/aromatic N) is 4. The van der Waals surface area contributed by atoms with Gasteiger partial charge in [-0.1, -0.05) is 4.90 Å². The van der Waals surface area contributed by atoms with Crippen molar-refractivity contribution in [2.24, 2.45) is 0 Å². The molecule has 0 amide bonds. The van der Waals surface area contributed by atoms with Gasteiger partial charge in [0.15, 0.2) is 0 Å². The second-order valence-electron chi connectivity index (χ2n) is 2.12. The van der Waals surface area contributed by atoms with Crippen LogP contribution in [0.2, 0.25) is 0 Å². The monoisotopic (exact) mass is 184 g/mol. The van der Waals surface area contributed by atoms with Crippen molar-refractivity contribution in [3.8, 4) is 11.6 Å². The smallest absolute Gasteiger partial charge is 0.305 e. The fraction of sp³-hybridized carbons (Fsp3) is 0. The van der Waals surface area contributed by atoms with Crippen LogP contribution in [0.25, 0.3) is 11.6 Å². The molecule has 0 bridgehead atoms. The highest BCUT2D eigenvalue weighted by Crippen LogP contribution is 2.18. The first-order valence-corrected chi connectivity index (χ1v) is 3.13. The molecule has 0 saturated carbocycles. The first-order chi connectivity index (χ1) is 6.18. The highest BCUT2D eigenvalue weighted by molar-refractivity contribution is 5.58. The summed E-state index contributed by atoms with van der Waals surface area (Å²) in [5.41, 5.74) is 10.4. The summed E-state index contributed by atoms with van der Waals surface area (Å²) in [6.45, 7) is 0. The predicted octanol–water partition coefficient (Wildman–Crippen LogP) is -1.48. The first kappa shape index (κ1) is 7.34. The Morgan fingerprint density at radius 1 is 1.31 bits per heavy atom. The van der Waals surface area contributed by atoms with Gasteiger partial charge in [0, 0.05) is 0 Å². The zero-order valence-corrected chi connectivity index (χ0v) is 6.17. The maximum absolute atomic E-state index is 10.7. The molecule has 0 unspecified atom stereocenters. The highest BCUT2D eigenvalue weighted by Gasteiger charge is 2.21. The summed E-state index contributed by atoms with van der Waals surface area (Å²) in [6, 6.07) is 0. The molecule has 0 aliphatic carbocycles. The third-order valence-corrected chi connectivity index (χ3v) is 1.29. The van der Waals surface area contributed by atoms with E-state index >= 15 is 0 Å². The molecule has 2 aromatic heterocycles. The van der Waals surface area contributed by atoms with E-state index < -0.39 is 0 Å². The lowest BCUT2D eigenvalue weighted by atomic mass is 10.4. The number of anilines is 2. The Labute approximate surface area is 70.4 Å². The normalized spacial score (nSPS) is 10.5. The van der Waals surface area contributed by atoms with Gasteiger partial charge < -0.3 is 25.8 Å². The Balaban J connectivity index is 2.52. The molecular weight excluding hydrogens is 180 g/mol. The van der Waals surface area contributed by atoms with Crippen molar-refractivity contribution in [3.63, 3.8) is 0 Å².